The quantitative estimate of drug-likeness (QED) is 0.507. The third-order valence-corrected chi connectivity index (χ3v) is 3.18. The molecule has 4 heteroatoms. The highest BCUT2D eigenvalue weighted by Gasteiger charge is 2.25. The van der Waals surface area contributed by atoms with Crippen molar-refractivity contribution in [2.45, 2.75) is 31.7 Å². The molecule has 2 aliphatic rings. The van der Waals surface area contributed by atoms with Crippen LogP contribution in [0.2, 0.25) is 0 Å². The first-order chi connectivity index (χ1) is 6.90. The summed E-state index contributed by atoms with van der Waals surface area (Å²) in [5.41, 5.74) is 0.966. The van der Waals surface area contributed by atoms with E-state index in [1.165, 1.54) is 6.42 Å². The lowest BCUT2D eigenvalue weighted by Crippen LogP contribution is -2.45. The monoisotopic (exact) mass is 198 g/mol. The predicted molar refractivity (Wildman–Crippen MR) is 53.9 cm³/mol. The summed E-state index contributed by atoms with van der Waals surface area (Å²) in [5, 5.41) is 12.1. The minimum Gasteiger partial charge on any atom is -0.411 e. The number of ether oxygens (including phenoxy) is 1. The Labute approximate surface area is 84.5 Å². The van der Waals surface area contributed by atoms with Crippen molar-refractivity contribution in [2.24, 2.45) is 5.16 Å². The van der Waals surface area contributed by atoms with Crippen molar-refractivity contribution < 1.29 is 9.94 Å². The van der Waals surface area contributed by atoms with Gasteiger partial charge in [0.2, 0.25) is 0 Å². The molecule has 1 aliphatic carbocycles. The Hall–Kier alpha value is -0.610. The van der Waals surface area contributed by atoms with Crippen LogP contribution < -0.4 is 0 Å². The highest BCUT2D eigenvalue weighted by atomic mass is 16.5. The highest BCUT2D eigenvalue weighted by Crippen LogP contribution is 2.21. The standard InChI is InChI=1S/C10H18N2O2/c13-11-9-2-1-3-10(8-9)12-4-6-14-7-5-12/h10,13H,1-8H2. The topological polar surface area (TPSA) is 45.1 Å². The Morgan fingerprint density at radius 3 is 2.86 bits per heavy atom. The summed E-state index contributed by atoms with van der Waals surface area (Å²) < 4.78 is 5.32. The summed E-state index contributed by atoms with van der Waals surface area (Å²) in [7, 11) is 0. The number of nitrogens with zero attached hydrogens (tertiary/aromatic N) is 2. The van der Waals surface area contributed by atoms with Gasteiger partial charge in [0.25, 0.3) is 0 Å². The van der Waals surface area contributed by atoms with Crippen LogP contribution >= 0.6 is 0 Å². The molecule has 1 N–H and O–H groups in total. The van der Waals surface area contributed by atoms with E-state index in [1.54, 1.807) is 0 Å². The van der Waals surface area contributed by atoms with Crippen LogP contribution in [0.15, 0.2) is 5.16 Å². The van der Waals surface area contributed by atoms with Crippen LogP contribution in [0.5, 0.6) is 0 Å². The second-order valence-corrected chi connectivity index (χ2v) is 4.06. The zero-order chi connectivity index (χ0) is 9.80. The van der Waals surface area contributed by atoms with Gasteiger partial charge in [-0.15, -0.1) is 0 Å². The Morgan fingerprint density at radius 1 is 1.36 bits per heavy atom. The fourth-order valence-corrected chi connectivity index (χ4v) is 2.36. The van der Waals surface area contributed by atoms with Gasteiger partial charge in [-0.2, -0.15) is 0 Å². The van der Waals surface area contributed by atoms with Crippen LogP contribution in [0.1, 0.15) is 25.7 Å². The zero-order valence-corrected chi connectivity index (χ0v) is 8.48. The van der Waals surface area contributed by atoms with Crippen molar-refractivity contribution in [3.8, 4) is 0 Å². The number of hydrogen-bond acceptors (Lipinski definition) is 4. The Bertz CT molecular complexity index is 212. The van der Waals surface area contributed by atoms with Crippen LogP contribution in [0.3, 0.4) is 0 Å². The molecule has 1 atom stereocenters. The van der Waals surface area contributed by atoms with Gasteiger partial charge in [0, 0.05) is 25.6 Å². The van der Waals surface area contributed by atoms with Gasteiger partial charge in [0.05, 0.1) is 18.9 Å². The van der Waals surface area contributed by atoms with Crippen molar-refractivity contribution >= 4 is 5.71 Å². The second kappa shape index (κ2) is 4.75. The molecule has 0 aromatic rings. The molecule has 14 heavy (non-hydrogen) atoms. The van der Waals surface area contributed by atoms with E-state index < -0.39 is 0 Å². The van der Waals surface area contributed by atoms with Gasteiger partial charge in [0.15, 0.2) is 0 Å². The summed E-state index contributed by atoms with van der Waals surface area (Å²) in [6, 6.07) is 0.582. The lowest BCUT2D eigenvalue weighted by molar-refractivity contribution is 0.0144. The first-order valence-electron chi connectivity index (χ1n) is 5.42. The van der Waals surface area contributed by atoms with Gasteiger partial charge in [-0.1, -0.05) is 5.16 Å². The van der Waals surface area contributed by atoms with E-state index in [9.17, 15) is 0 Å². The third kappa shape index (κ3) is 2.25. The van der Waals surface area contributed by atoms with Crippen molar-refractivity contribution in [3.05, 3.63) is 0 Å². The highest BCUT2D eigenvalue weighted by molar-refractivity contribution is 5.85. The third-order valence-electron chi connectivity index (χ3n) is 3.18. The Balaban J connectivity index is 1.89. The smallest absolute Gasteiger partial charge is 0.0594 e. The molecule has 0 amide bonds. The second-order valence-electron chi connectivity index (χ2n) is 4.06. The van der Waals surface area contributed by atoms with Gasteiger partial charge < -0.3 is 9.94 Å². The molecule has 80 valence electrons. The fraction of sp³-hybridized carbons (Fsp3) is 0.900. The average molecular weight is 198 g/mol. The molecular formula is C10H18N2O2. The normalized spacial score (nSPS) is 33.4. The van der Waals surface area contributed by atoms with Crippen LogP contribution in [-0.2, 0) is 4.74 Å². The Kier molecular flexibility index (Phi) is 3.37. The van der Waals surface area contributed by atoms with Gasteiger partial charge in [-0.3, -0.25) is 4.90 Å². The molecule has 2 rings (SSSR count). The SMILES string of the molecule is ON=C1CCCC(N2CCOCC2)C1. The van der Waals surface area contributed by atoms with Gasteiger partial charge in [-0.05, 0) is 19.3 Å². The van der Waals surface area contributed by atoms with E-state index in [4.69, 9.17) is 9.94 Å². The summed E-state index contributed by atoms with van der Waals surface area (Å²) in [6.07, 6.45) is 4.30. The number of rotatable bonds is 1. The maximum Gasteiger partial charge on any atom is 0.0594 e. The average Bonchev–Trinajstić information content (AvgIpc) is 2.30. The number of hydrogen-bond donors (Lipinski definition) is 1. The molecule has 1 heterocycles. The fourth-order valence-electron chi connectivity index (χ4n) is 2.36. The Morgan fingerprint density at radius 2 is 2.14 bits per heavy atom. The van der Waals surface area contributed by atoms with Crippen molar-refractivity contribution in [3.63, 3.8) is 0 Å². The van der Waals surface area contributed by atoms with E-state index >= 15 is 0 Å². The minimum absolute atomic E-state index is 0.582. The van der Waals surface area contributed by atoms with Crippen molar-refractivity contribution in [1.29, 1.82) is 0 Å². The molecule has 1 saturated heterocycles. The summed E-state index contributed by atoms with van der Waals surface area (Å²) in [6.45, 7) is 3.76. The summed E-state index contributed by atoms with van der Waals surface area (Å²) >= 11 is 0. The lowest BCUT2D eigenvalue weighted by atomic mass is 9.92. The minimum atomic E-state index is 0.582. The molecule has 1 saturated carbocycles. The molecule has 1 unspecified atom stereocenters. The maximum atomic E-state index is 8.75. The molecule has 0 bridgehead atoms. The van der Waals surface area contributed by atoms with Crippen LogP contribution in [0, 0.1) is 0 Å². The van der Waals surface area contributed by atoms with E-state index in [1.807, 2.05) is 0 Å². The van der Waals surface area contributed by atoms with Gasteiger partial charge >= 0.3 is 0 Å². The predicted octanol–water partition coefficient (Wildman–Crippen LogP) is 1.09. The van der Waals surface area contributed by atoms with E-state index in [0.717, 1.165) is 51.3 Å². The first kappa shape index (κ1) is 9.93. The largest absolute Gasteiger partial charge is 0.411 e. The van der Waals surface area contributed by atoms with E-state index in [0.29, 0.717) is 6.04 Å². The van der Waals surface area contributed by atoms with Crippen LogP contribution in [0.25, 0.3) is 0 Å². The molecule has 0 spiro atoms. The van der Waals surface area contributed by atoms with Crippen LogP contribution in [-0.4, -0.2) is 48.2 Å². The molecule has 0 radical (unpaired) electrons. The zero-order valence-electron chi connectivity index (χ0n) is 8.48. The molecule has 0 aromatic carbocycles. The molecule has 4 nitrogen and oxygen atoms in total. The van der Waals surface area contributed by atoms with E-state index in [2.05, 4.69) is 10.1 Å². The van der Waals surface area contributed by atoms with Gasteiger partial charge in [0.1, 0.15) is 0 Å². The number of morpholine rings is 1. The molecule has 1 aliphatic heterocycles. The lowest BCUT2D eigenvalue weighted by Gasteiger charge is -2.36. The van der Waals surface area contributed by atoms with Gasteiger partial charge in [-0.25, -0.2) is 0 Å². The molecule has 0 aromatic heterocycles. The molecule has 2 fully saturated rings. The molecular weight excluding hydrogens is 180 g/mol. The number of oxime groups is 1. The summed E-state index contributed by atoms with van der Waals surface area (Å²) in [5.74, 6) is 0. The maximum absolute atomic E-state index is 8.75. The summed E-state index contributed by atoms with van der Waals surface area (Å²) in [4.78, 5) is 2.47. The van der Waals surface area contributed by atoms with Crippen LogP contribution in [0.4, 0.5) is 0 Å². The van der Waals surface area contributed by atoms with Crippen molar-refractivity contribution in [2.75, 3.05) is 26.3 Å². The van der Waals surface area contributed by atoms with E-state index in [-0.39, 0.29) is 0 Å². The first-order valence-corrected chi connectivity index (χ1v) is 5.42. The van der Waals surface area contributed by atoms with Crippen molar-refractivity contribution in [1.82, 2.24) is 4.90 Å².